The molecule has 53 valence electrons. The summed E-state index contributed by atoms with van der Waals surface area (Å²) < 4.78 is 0. The highest BCUT2D eigenvalue weighted by Gasteiger charge is 2.28. The molecule has 1 aliphatic rings. The lowest BCUT2D eigenvalue weighted by atomic mass is 10.9. The summed E-state index contributed by atoms with van der Waals surface area (Å²) in [7, 11) is -1.05. The van der Waals surface area contributed by atoms with E-state index in [0.29, 0.717) is 0 Å². The van der Waals surface area contributed by atoms with E-state index in [1.54, 1.807) is 0 Å². The monoisotopic (exact) mass is 177 g/mol. The molecule has 3 heteroatoms. The third-order valence-electron chi connectivity index (χ3n) is 2.15. The summed E-state index contributed by atoms with van der Waals surface area (Å²) in [6, 6.07) is 5.74. The van der Waals surface area contributed by atoms with Gasteiger partial charge in [-0.25, -0.2) is 0 Å². The molecule has 1 rings (SSSR count). The zero-order valence-electron chi connectivity index (χ0n) is 6.21. The zero-order chi connectivity index (χ0) is 6.91. The molecule has 0 aromatic heterocycles. The van der Waals surface area contributed by atoms with Gasteiger partial charge in [-0.15, -0.1) is 0 Å². The van der Waals surface area contributed by atoms with E-state index < -0.39 is 8.07 Å². The first kappa shape index (κ1) is 7.83. The van der Waals surface area contributed by atoms with Gasteiger partial charge in [0.2, 0.25) is 0 Å². The summed E-state index contributed by atoms with van der Waals surface area (Å²) in [6.07, 6.45) is 0. The van der Waals surface area contributed by atoms with E-state index in [1.165, 1.54) is 24.2 Å². The van der Waals surface area contributed by atoms with Gasteiger partial charge in [-0.2, -0.15) is 11.1 Å². The Balaban J connectivity index is 2.35. The molecule has 9 heavy (non-hydrogen) atoms. The predicted octanol–water partition coefficient (Wildman–Crippen LogP) is 2.94. The van der Waals surface area contributed by atoms with E-state index in [1.807, 2.05) is 0 Å². The quantitative estimate of drug-likeness (QED) is 0.395. The highest BCUT2D eigenvalue weighted by atomic mass is 35.6. The van der Waals surface area contributed by atoms with E-state index in [-0.39, 0.29) is 8.11 Å². The second-order valence-electron chi connectivity index (χ2n) is 3.68. The molecule has 0 aromatic carbocycles. The van der Waals surface area contributed by atoms with Crippen LogP contribution in [0.1, 0.15) is 0 Å². The molecule has 0 unspecified atom stereocenters. The largest absolute Gasteiger partial charge is 0.169 e. The zero-order valence-corrected chi connectivity index (χ0v) is 8.96. The van der Waals surface area contributed by atoms with Crippen molar-refractivity contribution in [1.82, 2.24) is 0 Å². The van der Waals surface area contributed by atoms with Crippen LogP contribution < -0.4 is 0 Å². The molecule has 1 fully saturated rings. The first-order chi connectivity index (χ1) is 4.10. The standard InChI is InChI=1S/C6H14ClSi2/c1-9(2)5-3-8(7)4-6-9/h3-6H2,1-2H3. The third-order valence-corrected chi connectivity index (χ3v) is 9.07. The van der Waals surface area contributed by atoms with Crippen LogP contribution in [0.2, 0.25) is 37.3 Å². The van der Waals surface area contributed by atoms with Crippen LogP contribution in [0.25, 0.3) is 0 Å². The molecule has 1 saturated heterocycles. The Morgan fingerprint density at radius 2 is 1.67 bits per heavy atom. The molecule has 0 bridgehead atoms. The average molecular weight is 178 g/mol. The molecule has 1 radical (unpaired) electrons. The van der Waals surface area contributed by atoms with Crippen LogP contribution in [-0.4, -0.2) is 16.2 Å². The average Bonchev–Trinajstić information content (AvgIpc) is 1.78. The Morgan fingerprint density at radius 3 is 2.00 bits per heavy atom. The number of rotatable bonds is 0. The third kappa shape index (κ3) is 2.44. The Morgan fingerprint density at radius 1 is 1.22 bits per heavy atom. The molecule has 0 saturated carbocycles. The molecule has 0 aromatic rings. The van der Waals surface area contributed by atoms with E-state index in [2.05, 4.69) is 13.1 Å². The maximum atomic E-state index is 6.07. The van der Waals surface area contributed by atoms with Gasteiger partial charge < -0.3 is 0 Å². The Bertz CT molecular complexity index is 93.2. The summed E-state index contributed by atoms with van der Waals surface area (Å²) in [4.78, 5) is 0. The normalized spacial score (nSPS) is 28.3. The minimum atomic E-state index is -0.691. The topological polar surface area (TPSA) is 0 Å². The lowest BCUT2D eigenvalue weighted by Gasteiger charge is -2.28. The summed E-state index contributed by atoms with van der Waals surface area (Å²) in [5.41, 5.74) is 0. The maximum Gasteiger partial charge on any atom is 0.164 e. The van der Waals surface area contributed by atoms with Gasteiger partial charge in [0.15, 0.2) is 8.11 Å². The van der Waals surface area contributed by atoms with Gasteiger partial charge in [-0.05, 0) is 12.1 Å². The van der Waals surface area contributed by atoms with Crippen molar-refractivity contribution in [3.05, 3.63) is 0 Å². The fourth-order valence-electron chi connectivity index (χ4n) is 1.20. The second-order valence-corrected chi connectivity index (χ2v) is 12.6. The maximum absolute atomic E-state index is 6.07. The van der Waals surface area contributed by atoms with Gasteiger partial charge in [0.1, 0.15) is 0 Å². The van der Waals surface area contributed by atoms with Gasteiger partial charge in [-0.3, -0.25) is 0 Å². The number of hydrogen-bond acceptors (Lipinski definition) is 0. The van der Waals surface area contributed by atoms with Crippen molar-refractivity contribution in [1.29, 1.82) is 0 Å². The Labute approximate surface area is 64.9 Å². The molecule has 1 heterocycles. The molecule has 1 aliphatic heterocycles. The summed E-state index contributed by atoms with van der Waals surface area (Å²) in [5, 5.41) is 0. The molecule has 0 aliphatic carbocycles. The van der Waals surface area contributed by atoms with E-state index in [4.69, 9.17) is 11.1 Å². The molecular formula is C6H14ClSi2. The fourth-order valence-corrected chi connectivity index (χ4v) is 11.0. The van der Waals surface area contributed by atoms with Crippen LogP contribution in [-0.2, 0) is 0 Å². The van der Waals surface area contributed by atoms with Crippen molar-refractivity contribution in [3.63, 3.8) is 0 Å². The van der Waals surface area contributed by atoms with Crippen molar-refractivity contribution < 1.29 is 0 Å². The lowest BCUT2D eigenvalue weighted by molar-refractivity contribution is 1.16. The van der Waals surface area contributed by atoms with Gasteiger partial charge in [-0.1, -0.05) is 25.2 Å². The van der Waals surface area contributed by atoms with Gasteiger partial charge in [0.25, 0.3) is 0 Å². The predicted molar refractivity (Wildman–Crippen MR) is 48.3 cm³/mol. The smallest absolute Gasteiger partial charge is 0.164 e. The molecule has 0 spiro atoms. The molecule has 0 N–H and O–H groups in total. The van der Waals surface area contributed by atoms with Gasteiger partial charge in [0.05, 0.1) is 0 Å². The van der Waals surface area contributed by atoms with E-state index >= 15 is 0 Å². The summed E-state index contributed by atoms with van der Waals surface area (Å²) in [6.45, 7) is 4.97. The van der Waals surface area contributed by atoms with Crippen molar-refractivity contribution in [3.8, 4) is 0 Å². The lowest BCUT2D eigenvalue weighted by Crippen LogP contribution is -2.31. The Kier molecular flexibility index (Phi) is 2.40. The Hall–Kier alpha value is 0.724. The summed E-state index contributed by atoms with van der Waals surface area (Å²) in [5.74, 6) is 0. The highest BCUT2D eigenvalue weighted by molar-refractivity contribution is 7.08. The highest BCUT2D eigenvalue weighted by Crippen LogP contribution is 2.30. The minimum absolute atomic E-state index is 0.356. The molecule has 0 amide bonds. The van der Waals surface area contributed by atoms with Gasteiger partial charge >= 0.3 is 0 Å². The minimum Gasteiger partial charge on any atom is -0.169 e. The molecule has 0 atom stereocenters. The van der Waals surface area contributed by atoms with E-state index in [0.717, 1.165) is 0 Å². The van der Waals surface area contributed by atoms with E-state index in [9.17, 15) is 0 Å². The van der Waals surface area contributed by atoms with Crippen LogP contribution in [0.3, 0.4) is 0 Å². The van der Waals surface area contributed by atoms with Crippen LogP contribution in [0.4, 0.5) is 0 Å². The number of halogens is 1. The molecular weight excluding hydrogens is 164 g/mol. The SMILES string of the molecule is C[Si]1(C)CC[Si](Cl)CC1. The van der Waals surface area contributed by atoms with Crippen molar-refractivity contribution in [2.75, 3.05) is 0 Å². The summed E-state index contributed by atoms with van der Waals surface area (Å²) >= 11 is 6.07. The first-order valence-electron chi connectivity index (χ1n) is 3.60. The number of hydrogen-bond donors (Lipinski definition) is 0. The van der Waals surface area contributed by atoms with Crippen LogP contribution in [0.15, 0.2) is 0 Å². The van der Waals surface area contributed by atoms with Crippen molar-refractivity contribution in [2.24, 2.45) is 0 Å². The van der Waals surface area contributed by atoms with Crippen LogP contribution in [0, 0.1) is 0 Å². The molecule has 0 nitrogen and oxygen atoms in total. The van der Waals surface area contributed by atoms with Crippen LogP contribution >= 0.6 is 11.1 Å². The second kappa shape index (κ2) is 2.76. The van der Waals surface area contributed by atoms with Crippen LogP contribution in [0.5, 0.6) is 0 Å². The van der Waals surface area contributed by atoms with Gasteiger partial charge in [0, 0.05) is 8.07 Å². The van der Waals surface area contributed by atoms with Crippen molar-refractivity contribution in [2.45, 2.75) is 37.3 Å². The van der Waals surface area contributed by atoms with Crippen molar-refractivity contribution >= 4 is 27.3 Å². The fraction of sp³-hybridized carbons (Fsp3) is 1.00. The first-order valence-corrected chi connectivity index (χ1v) is 9.94.